The Hall–Kier alpha value is -1.44. The number of aliphatic hydroxyl groups is 1. The Morgan fingerprint density at radius 2 is 2.29 bits per heavy atom. The summed E-state index contributed by atoms with van der Waals surface area (Å²) in [6, 6.07) is 2.27. The standard InChI is InChI=1S/C21H34N4O3/c1-15(2)10-25-17(4-7-22-25)11-24-12-18(28-14-21(24)5-3-6-21)9-20(27)23-19-8-16(19)13-26/h4,7,15-16,18-19,26H,3,5-6,8-14H2,1-2H3,(H,23,27)/t16-,18?,19-/m1/s1. The average molecular weight is 391 g/mol. The van der Waals surface area contributed by atoms with Gasteiger partial charge in [0.15, 0.2) is 0 Å². The minimum Gasteiger partial charge on any atom is -0.396 e. The number of hydrogen-bond acceptors (Lipinski definition) is 5. The molecule has 1 aliphatic heterocycles. The molecule has 3 aliphatic rings. The molecule has 1 saturated heterocycles. The lowest BCUT2D eigenvalue weighted by atomic mass is 9.74. The molecule has 7 nitrogen and oxygen atoms in total. The lowest BCUT2D eigenvalue weighted by Crippen LogP contribution is -2.63. The molecular weight excluding hydrogens is 356 g/mol. The molecule has 3 atom stereocenters. The van der Waals surface area contributed by atoms with E-state index >= 15 is 0 Å². The van der Waals surface area contributed by atoms with E-state index in [0.29, 0.717) is 18.9 Å². The van der Waals surface area contributed by atoms with E-state index in [1.54, 1.807) is 0 Å². The number of carbonyl (C=O) groups excluding carboxylic acids is 1. The second-order valence-corrected chi connectivity index (χ2v) is 9.35. The normalized spacial score (nSPS) is 29.1. The summed E-state index contributed by atoms with van der Waals surface area (Å²) < 4.78 is 8.25. The van der Waals surface area contributed by atoms with Crippen LogP contribution in [0.3, 0.4) is 0 Å². The zero-order valence-electron chi connectivity index (χ0n) is 17.1. The van der Waals surface area contributed by atoms with Crippen LogP contribution in [0.4, 0.5) is 0 Å². The van der Waals surface area contributed by atoms with Gasteiger partial charge in [0.05, 0.1) is 24.8 Å². The summed E-state index contributed by atoms with van der Waals surface area (Å²) in [5.41, 5.74) is 1.38. The van der Waals surface area contributed by atoms with Crippen LogP contribution < -0.4 is 5.32 Å². The van der Waals surface area contributed by atoms with Crippen molar-refractivity contribution in [1.82, 2.24) is 20.0 Å². The van der Waals surface area contributed by atoms with Gasteiger partial charge in [-0.3, -0.25) is 14.4 Å². The molecule has 28 heavy (non-hydrogen) atoms. The summed E-state index contributed by atoms with van der Waals surface area (Å²) in [6.45, 7) is 7.88. The van der Waals surface area contributed by atoms with Crippen molar-refractivity contribution in [3.05, 3.63) is 18.0 Å². The molecule has 3 fully saturated rings. The number of amides is 1. The molecule has 156 valence electrons. The summed E-state index contributed by atoms with van der Waals surface area (Å²) in [5.74, 6) is 0.843. The topological polar surface area (TPSA) is 79.6 Å². The van der Waals surface area contributed by atoms with Crippen LogP contribution in [0.2, 0.25) is 0 Å². The first-order valence-electron chi connectivity index (χ1n) is 10.8. The molecule has 0 radical (unpaired) electrons. The summed E-state index contributed by atoms with van der Waals surface area (Å²) in [7, 11) is 0. The molecule has 2 N–H and O–H groups in total. The van der Waals surface area contributed by atoms with Crippen molar-refractivity contribution in [2.24, 2.45) is 11.8 Å². The minimum atomic E-state index is -0.0704. The van der Waals surface area contributed by atoms with Gasteiger partial charge in [-0.05, 0) is 37.7 Å². The zero-order chi connectivity index (χ0) is 19.7. The smallest absolute Gasteiger partial charge is 0.222 e. The quantitative estimate of drug-likeness (QED) is 0.704. The Morgan fingerprint density at radius 3 is 2.93 bits per heavy atom. The maximum atomic E-state index is 12.4. The number of nitrogens with zero attached hydrogens (tertiary/aromatic N) is 3. The highest BCUT2D eigenvalue weighted by atomic mass is 16.5. The van der Waals surface area contributed by atoms with Crippen molar-refractivity contribution < 1.29 is 14.6 Å². The van der Waals surface area contributed by atoms with Gasteiger partial charge in [-0.25, -0.2) is 0 Å². The highest BCUT2D eigenvalue weighted by Crippen LogP contribution is 2.42. The number of aliphatic hydroxyl groups excluding tert-OH is 1. The van der Waals surface area contributed by atoms with Gasteiger partial charge < -0.3 is 15.2 Å². The summed E-state index contributed by atoms with van der Waals surface area (Å²) in [6.07, 6.45) is 6.70. The fourth-order valence-electron chi connectivity index (χ4n) is 4.56. The summed E-state index contributed by atoms with van der Waals surface area (Å²) in [5, 5.41) is 16.7. The molecule has 1 amide bonds. The van der Waals surface area contributed by atoms with Crippen molar-refractivity contribution in [3.63, 3.8) is 0 Å². The highest BCUT2D eigenvalue weighted by Gasteiger charge is 2.47. The van der Waals surface area contributed by atoms with Gasteiger partial charge >= 0.3 is 0 Å². The van der Waals surface area contributed by atoms with Crippen LogP contribution in [0.25, 0.3) is 0 Å². The number of carbonyl (C=O) groups is 1. The average Bonchev–Trinajstić information content (AvgIpc) is 3.23. The third kappa shape index (κ3) is 4.26. The first-order chi connectivity index (χ1) is 13.5. The summed E-state index contributed by atoms with van der Waals surface area (Å²) >= 11 is 0. The van der Waals surface area contributed by atoms with Gasteiger partial charge in [-0.2, -0.15) is 5.10 Å². The van der Waals surface area contributed by atoms with E-state index in [2.05, 4.69) is 39.9 Å². The Labute approximate surface area is 167 Å². The van der Waals surface area contributed by atoms with E-state index in [-0.39, 0.29) is 36.1 Å². The van der Waals surface area contributed by atoms with Gasteiger partial charge in [-0.15, -0.1) is 0 Å². The van der Waals surface area contributed by atoms with E-state index in [1.807, 2.05) is 6.20 Å². The van der Waals surface area contributed by atoms with Crippen molar-refractivity contribution in [1.29, 1.82) is 0 Å². The van der Waals surface area contributed by atoms with E-state index in [4.69, 9.17) is 9.84 Å². The first kappa shape index (κ1) is 19.9. The predicted molar refractivity (Wildman–Crippen MR) is 106 cm³/mol. The van der Waals surface area contributed by atoms with Crippen LogP contribution in [0, 0.1) is 11.8 Å². The third-order valence-corrected chi connectivity index (χ3v) is 6.58. The largest absolute Gasteiger partial charge is 0.396 e. The molecule has 7 heteroatoms. The van der Waals surface area contributed by atoms with Gasteiger partial charge in [0.25, 0.3) is 0 Å². The van der Waals surface area contributed by atoms with Gasteiger partial charge in [0, 0.05) is 49.9 Å². The molecule has 0 aromatic carbocycles. The minimum absolute atomic E-state index is 0.0420. The van der Waals surface area contributed by atoms with Gasteiger partial charge in [-0.1, -0.05) is 13.8 Å². The summed E-state index contributed by atoms with van der Waals surface area (Å²) in [4.78, 5) is 14.9. The molecule has 4 rings (SSSR count). The number of ether oxygens (including phenoxy) is 1. The number of aromatic nitrogens is 2. The van der Waals surface area contributed by atoms with Crippen LogP contribution in [0.5, 0.6) is 0 Å². The van der Waals surface area contributed by atoms with Crippen LogP contribution in [0.1, 0.15) is 51.6 Å². The highest BCUT2D eigenvalue weighted by molar-refractivity contribution is 5.77. The number of rotatable bonds is 8. The number of hydrogen-bond donors (Lipinski definition) is 2. The second kappa shape index (κ2) is 8.13. The zero-order valence-corrected chi connectivity index (χ0v) is 17.1. The maximum Gasteiger partial charge on any atom is 0.222 e. The molecular formula is C21H34N4O3. The van der Waals surface area contributed by atoms with Gasteiger partial charge in [0.2, 0.25) is 5.91 Å². The third-order valence-electron chi connectivity index (χ3n) is 6.58. The molecule has 2 aliphatic carbocycles. The Bertz CT molecular complexity index is 685. The maximum absolute atomic E-state index is 12.4. The molecule has 1 aromatic heterocycles. The lowest BCUT2D eigenvalue weighted by molar-refractivity contribution is -0.154. The Kier molecular flexibility index (Phi) is 5.76. The fourth-order valence-corrected chi connectivity index (χ4v) is 4.56. The van der Waals surface area contributed by atoms with Gasteiger partial charge in [0.1, 0.15) is 0 Å². The van der Waals surface area contributed by atoms with E-state index < -0.39 is 0 Å². The molecule has 1 unspecified atom stereocenters. The van der Waals surface area contributed by atoms with Crippen molar-refractivity contribution >= 4 is 5.91 Å². The van der Waals surface area contributed by atoms with Crippen molar-refractivity contribution in [3.8, 4) is 0 Å². The van der Waals surface area contributed by atoms with E-state index in [9.17, 15) is 4.79 Å². The lowest BCUT2D eigenvalue weighted by Gasteiger charge is -2.54. The number of morpholine rings is 1. The van der Waals surface area contributed by atoms with Crippen LogP contribution >= 0.6 is 0 Å². The molecule has 1 aromatic rings. The molecule has 2 heterocycles. The second-order valence-electron chi connectivity index (χ2n) is 9.35. The van der Waals surface area contributed by atoms with E-state index in [0.717, 1.165) is 26.1 Å². The number of nitrogens with one attached hydrogen (secondary N) is 1. The van der Waals surface area contributed by atoms with Crippen LogP contribution in [-0.4, -0.2) is 63.1 Å². The predicted octanol–water partition coefficient (Wildman–Crippen LogP) is 1.55. The monoisotopic (exact) mass is 390 g/mol. The Balaban J connectivity index is 1.37. The molecule has 1 spiro atoms. The fraction of sp³-hybridized carbons (Fsp3) is 0.810. The van der Waals surface area contributed by atoms with Crippen molar-refractivity contribution in [2.45, 2.75) is 76.7 Å². The van der Waals surface area contributed by atoms with Crippen LogP contribution in [0.15, 0.2) is 12.3 Å². The van der Waals surface area contributed by atoms with Crippen LogP contribution in [-0.2, 0) is 22.6 Å². The molecule has 0 bridgehead atoms. The van der Waals surface area contributed by atoms with E-state index in [1.165, 1.54) is 25.0 Å². The molecule has 2 saturated carbocycles. The first-order valence-corrected chi connectivity index (χ1v) is 10.8. The Morgan fingerprint density at radius 1 is 1.46 bits per heavy atom. The van der Waals surface area contributed by atoms with Crippen molar-refractivity contribution in [2.75, 3.05) is 19.8 Å². The SMILES string of the molecule is CC(C)Cn1nccc1CN1CC(CC(=O)N[C@@H]2C[C@@H]2CO)OCC12CCC2.